The molecule has 1 aromatic carbocycles. The van der Waals surface area contributed by atoms with Crippen LogP contribution < -0.4 is 0 Å². The maximum atomic E-state index is 12.1. The van der Waals surface area contributed by atoms with Crippen LogP contribution >= 0.6 is 0 Å². The summed E-state index contributed by atoms with van der Waals surface area (Å²) in [5, 5.41) is 9.72. The molecule has 2 rings (SSSR count). The van der Waals surface area contributed by atoms with Gasteiger partial charge in [-0.3, -0.25) is 4.90 Å². The molecule has 1 N–H and O–H groups in total. The van der Waals surface area contributed by atoms with Gasteiger partial charge in [-0.15, -0.1) is 0 Å². The van der Waals surface area contributed by atoms with E-state index in [1.807, 2.05) is 39.0 Å². The molecule has 1 saturated heterocycles. The Morgan fingerprint density at radius 2 is 1.78 bits per heavy atom. The summed E-state index contributed by atoms with van der Waals surface area (Å²) in [7, 11) is 0. The Bertz CT molecular complexity index is 491. The van der Waals surface area contributed by atoms with Gasteiger partial charge in [0.25, 0.3) is 0 Å². The number of nitrogens with zero attached hydrogens (tertiary/aromatic N) is 2. The first-order valence-corrected chi connectivity index (χ1v) is 8.26. The van der Waals surface area contributed by atoms with Gasteiger partial charge in [0.05, 0.1) is 6.61 Å². The fourth-order valence-corrected chi connectivity index (χ4v) is 2.79. The Morgan fingerprint density at radius 3 is 2.30 bits per heavy atom. The Labute approximate surface area is 138 Å². The number of carbonyl (C=O) groups excluding carboxylic acids is 1. The molecule has 23 heavy (non-hydrogen) atoms. The lowest BCUT2D eigenvalue weighted by atomic mass is 10.0. The van der Waals surface area contributed by atoms with E-state index >= 15 is 0 Å². The van der Waals surface area contributed by atoms with Gasteiger partial charge in [0, 0.05) is 32.2 Å². The van der Waals surface area contributed by atoms with Gasteiger partial charge in [-0.05, 0) is 32.8 Å². The number of rotatable bonds is 4. The Hall–Kier alpha value is -1.59. The zero-order valence-corrected chi connectivity index (χ0v) is 14.4. The molecule has 0 bridgehead atoms. The van der Waals surface area contributed by atoms with Crippen LogP contribution in [0.1, 0.15) is 26.3 Å². The summed E-state index contributed by atoms with van der Waals surface area (Å²) < 4.78 is 5.41. The molecule has 5 nitrogen and oxygen atoms in total. The topological polar surface area (TPSA) is 53.0 Å². The molecule has 0 radical (unpaired) electrons. The highest BCUT2D eigenvalue weighted by molar-refractivity contribution is 5.68. The van der Waals surface area contributed by atoms with E-state index in [1.54, 1.807) is 4.90 Å². The summed E-state index contributed by atoms with van der Waals surface area (Å²) in [4.78, 5) is 16.1. The van der Waals surface area contributed by atoms with Crippen molar-refractivity contribution in [2.45, 2.75) is 38.8 Å². The third-order valence-electron chi connectivity index (χ3n) is 4.01. The van der Waals surface area contributed by atoms with Gasteiger partial charge in [-0.1, -0.05) is 30.3 Å². The zero-order chi connectivity index (χ0) is 16.9. The highest BCUT2D eigenvalue weighted by Crippen LogP contribution is 2.15. The molecular formula is C18H28N2O3. The maximum Gasteiger partial charge on any atom is 0.410 e. The fourth-order valence-electron chi connectivity index (χ4n) is 2.79. The smallest absolute Gasteiger partial charge is 0.410 e. The predicted molar refractivity (Wildman–Crippen MR) is 90.4 cm³/mol. The van der Waals surface area contributed by atoms with Crippen molar-refractivity contribution in [3.8, 4) is 0 Å². The molecule has 1 atom stereocenters. The summed E-state index contributed by atoms with van der Waals surface area (Å²) in [5.41, 5.74) is 0.760. The van der Waals surface area contributed by atoms with Crippen molar-refractivity contribution in [2.24, 2.45) is 0 Å². The Balaban J connectivity index is 1.86. The van der Waals surface area contributed by atoms with Crippen molar-refractivity contribution in [2.75, 3.05) is 32.8 Å². The molecule has 0 aliphatic carbocycles. The molecule has 128 valence electrons. The van der Waals surface area contributed by atoms with E-state index in [0.717, 1.165) is 19.5 Å². The zero-order valence-electron chi connectivity index (χ0n) is 14.4. The van der Waals surface area contributed by atoms with Crippen molar-refractivity contribution < 1.29 is 14.6 Å². The van der Waals surface area contributed by atoms with Gasteiger partial charge < -0.3 is 14.7 Å². The van der Waals surface area contributed by atoms with Crippen LogP contribution in [0.2, 0.25) is 0 Å². The van der Waals surface area contributed by atoms with Crippen molar-refractivity contribution in [1.29, 1.82) is 0 Å². The number of benzene rings is 1. The normalized spacial score (nSPS) is 17.8. The number of aliphatic hydroxyl groups is 1. The first kappa shape index (κ1) is 17.8. The number of amides is 1. The van der Waals surface area contributed by atoms with E-state index < -0.39 is 5.60 Å². The second-order valence-corrected chi connectivity index (χ2v) is 7.03. The van der Waals surface area contributed by atoms with Gasteiger partial charge in [0.1, 0.15) is 5.60 Å². The van der Waals surface area contributed by atoms with Crippen LogP contribution in [-0.2, 0) is 11.2 Å². The Morgan fingerprint density at radius 1 is 1.17 bits per heavy atom. The minimum atomic E-state index is -0.463. The fraction of sp³-hybridized carbons (Fsp3) is 0.611. The lowest BCUT2D eigenvalue weighted by molar-refractivity contribution is 0.00679. The first-order valence-electron chi connectivity index (χ1n) is 8.26. The summed E-state index contributed by atoms with van der Waals surface area (Å²) in [6, 6.07) is 10.3. The monoisotopic (exact) mass is 320 g/mol. The highest BCUT2D eigenvalue weighted by atomic mass is 16.6. The third kappa shape index (κ3) is 5.52. The molecule has 0 aromatic heterocycles. The van der Waals surface area contributed by atoms with E-state index in [2.05, 4.69) is 17.0 Å². The third-order valence-corrected chi connectivity index (χ3v) is 4.01. The van der Waals surface area contributed by atoms with Gasteiger partial charge in [-0.25, -0.2) is 4.79 Å². The molecule has 1 amide bonds. The Kier molecular flexibility index (Phi) is 6.02. The standard InChI is InChI=1S/C18H28N2O3/c1-18(2,3)23-17(22)20-11-9-19(10-12-20)16(14-21)13-15-7-5-4-6-8-15/h4-8,16,21H,9-14H2,1-3H3/t16-/m0/s1. The number of hydrogen-bond acceptors (Lipinski definition) is 4. The van der Waals surface area contributed by atoms with Gasteiger partial charge in [-0.2, -0.15) is 0 Å². The summed E-state index contributed by atoms with van der Waals surface area (Å²) >= 11 is 0. The minimum absolute atomic E-state index is 0.0955. The minimum Gasteiger partial charge on any atom is -0.444 e. The average Bonchev–Trinajstić information content (AvgIpc) is 2.52. The number of hydrogen-bond donors (Lipinski definition) is 1. The van der Waals surface area contributed by atoms with E-state index in [1.165, 1.54) is 5.56 Å². The number of piperazine rings is 1. The molecule has 0 unspecified atom stereocenters. The predicted octanol–water partition coefficient (Wildman–Crippen LogP) is 2.14. The van der Waals surface area contributed by atoms with Crippen LogP contribution in [0.4, 0.5) is 4.79 Å². The SMILES string of the molecule is CC(C)(C)OC(=O)N1CCN([C@H](CO)Cc2ccccc2)CC1. The van der Waals surface area contributed by atoms with E-state index in [9.17, 15) is 9.90 Å². The second kappa shape index (κ2) is 7.79. The van der Waals surface area contributed by atoms with Crippen molar-refractivity contribution in [3.05, 3.63) is 35.9 Å². The van der Waals surface area contributed by atoms with Crippen LogP contribution in [0.5, 0.6) is 0 Å². The molecule has 1 aliphatic rings. The summed E-state index contributed by atoms with van der Waals surface area (Å²) in [6.45, 7) is 8.56. The van der Waals surface area contributed by atoms with Crippen LogP contribution in [0, 0.1) is 0 Å². The lowest BCUT2D eigenvalue weighted by Crippen LogP contribution is -2.54. The second-order valence-electron chi connectivity index (χ2n) is 7.03. The van der Waals surface area contributed by atoms with E-state index in [-0.39, 0.29) is 18.7 Å². The molecule has 1 aliphatic heterocycles. The van der Waals surface area contributed by atoms with Crippen molar-refractivity contribution in [1.82, 2.24) is 9.80 Å². The summed E-state index contributed by atoms with van der Waals surface area (Å²) in [6.07, 6.45) is 0.574. The molecule has 1 fully saturated rings. The molecule has 0 spiro atoms. The van der Waals surface area contributed by atoms with Crippen LogP contribution in [-0.4, -0.2) is 65.4 Å². The van der Waals surface area contributed by atoms with Crippen LogP contribution in [0.15, 0.2) is 30.3 Å². The molecule has 5 heteroatoms. The van der Waals surface area contributed by atoms with Gasteiger partial charge in [0.2, 0.25) is 0 Å². The van der Waals surface area contributed by atoms with E-state index in [4.69, 9.17) is 4.74 Å². The first-order chi connectivity index (χ1) is 10.9. The van der Waals surface area contributed by atoms with Crippen molar-refractivity contribution >= 4 is 6.09 Å². The average molecular weight is 320 g/mol. The van der Waals surface area contributed by atoms with Crippen LogP contribution in [0.3, 0.4) is 0 Å². The lowest BCUT2D eigenvalue weighted by Gasteiger charge is -2.39. The van der Waals surface area contributed by atoms with E-state index in [0.29, 0.717) is 13.1 Å². The highest BCUT2D eigenvalue weighted by Gasteiger charge is 2.28. The van der Waals surface area contributed by atoms with Crippen LogP contribution in [0.25, 0.3) is 0 Å². The largest absolute Gasteiger partial charge is 0.444 e. The number of carbonyl (C=O) groups is 1. The molecule has 1 heterocycles. The summed E-state index contributed by atoms with van der Waals surface area (Å²) in [5.74, 6) is 0. The molecule has 0 saturated carbocycles. The van der Waals surface area contributed by atoms with Gasteiger partial charge in [0.15, 0.2) is 0 Å². The number of aliphatic hydroxyl groups excluding tert-OH is 1. The molecular weight excluding hydrogens is 292 g/mol. The van der Waals surface area contributed by atoms with Crippen molar-refractivity contribution in [3.63, 3.8) is 0 Å². The number of ether oxygens (including phenoxy) is 1. The quantitative estimate of drug-likeness (QED) is 0.923. The maximum absolute atomic E-state index is 12.1. The van der Waals surface area contributed by atoms with Gasteiger partial charge >= 0.3 is 6.09 Å². The molecule has 1 aromatic rings.